The number of hydrogen-bond acceptors (Lipinski definition) is 3. The number of hydrogen-bond donors (Lipinski definition) is 2. The summed E-state index contributed by atoms with van der Waals surface area (Å²) in [5.74, 6) is -0.387. The molecule has 0 saturated carbocycles. The SMILES string of the molecule is CC(=O)Nc1ccc(C)c(NC(=O)c2ccc(-c3cc(Cl)cc(Cl)c3)s2)c1. The fourth-order valence-electron chi connectivity index (χ4n) is 2.53. The van der Waals surface area contributed by atoms with Gasteiger partial charge in [0.05, 0.1) is 4.88 Å². The van der Waals surface area contributed by atoms with Crippen LogP contribution in [0.25, 0.3) is 10.4 Å². The molecule has 0 saturated heterocycles. The molecule has 4 nitrogen and oxygen atoms in total. The summed E-state index contributed by atoms with van der Waals surface area (Å²) in [5.41, 5.74) is 3.03. The lowest BCUT2D eigenvalue weighted by Crippen LogP contribution is -2.12. The molecule has 7 heteroatoms. The molecular weight excluding hydrogens is 403 g/mol. The highest BCUT2D eigenvalue weighted by atomic mass is 35.5. The first-order valence-electron chi connectivity index (χ1n) is 8.08. The van der Waals surface area contributed by atoms with Crippen LogP contribution in [0.2, 0.25) is 10.0 Å². The van der Waals surface area contributed by atoms with Gasteiger partial charge in [0.1, 0.15) is 0 Å². The molecule has 0 aliphatic carbocycles. The van der Waals surface area contributed by atoms with Crippen LogP contribution in [0.4, 0.5) is 11.4 Å². The van der Waals surface area contributed by atoms with Gasteiger partial charge in [-0.05, 0) is 60.5 Å². The van der Waals surface area contributed by atoms with E-state index in [-0.39, 0.29) is 11.8 Å². The minimum Gasteiger partial charge on any atom is -0.326 e. The van der Waals surface area contributed by atoms with Crippen molar-refractivity contribution >= 4 is 57.7 Å². The van der Waals surface area contributed by atoms with Gasteiger partial charge in [-0.15, -0.1) is 11.3 Å². The average molecular weight is 419 g/mol. The number of thiophene rings is 1. The van der Waals surface area contributed by atoms with Crippen LogP contribution in [-0.2, 0) is 4.79 Å². The molecule has 0 bridgehead atoms. The van der Waals surface area contributed by atoms with E-state index in [1.54, 1.807) is 24.3 Å². The highest BCUT2D eigenvalue weighted by molar-refractivity contribution is 7.17. The zero-order chi connectivity index (χ0) is 19.6. The number of carbonyl (C=O) groups excluding carboxylic acids is 2. The van der Waals surface area contributed by atoms with Gasteiger partial charge in [0.25, 0.3) is 5.91 Å². The van der Waals surface area contributed by atoms with E-state index in [2.05, 4.69) is 10.6 Å². The van der Waals surface area contributed by atoms with Crippen LogP contribution in [0.3, 0.4) is 0 Å². The third kappa shape index (κ3) is 4.89. The lowest BCUT2D eigenvalue weighted by atomic mass is 10.1. The molecule has 27 heavy (non-hydrogen) atoms. The third-order valence-electron chi connectivity index (χ3n) is 3.78. The minimum absolute atomic E-state index is 0.167. The molecule has 2 aromatic carbocycles. The number of carbonyl (C=O) groups is 2. The van der Waals surface area contributed by atoms with Gasteiger partial charge in [-0.3, -0.25) is 9.59 Å². The van der Waals surface area contributed by atoms with E-state index in [0.717, 1.165) is 16.0 Å². The molecular formula is C20H16Cl2N2O2S. The topological polar surface area (TPSA) is 58.2 Å². The molecule has 0 unspecified atom stereocenters. The monoisotopic (exact) mass is 418 g/mol. The van der Waals surface area contributed by atoms with E-state index in [9.17, 15) is 9.59 Å². The van der Waals surface area contributed by atoms with Crippen LogP contribution < -0.4 is 10.6 Å². The van der Waals surface area contributed by atoms with Gasteiger partial charge >= 0.3 is 0 Å². The predicted octanol–water partition coefficient (Wildman–Crippen LogP) is 6.24. The molecule has 0 fully saturated rings. The Balaban J connectivity index is 1.81. The summed E-state index contributed by atoms with van der Waals surface area (Å²) in [7, 11) is 0. The number of rotatable bonds is 4. The maximum Gasteiger partial charge on any atom is 0.265 e. The van der Waals surface area contributed by atoms with Crippen LogP contribution in [-0.4, -0.2) is 11.8 Å². The van der Waals surface area contributed by atoms with Gasteiger partial charge in [0.2, 0.25) is 5.91 Å². The van der Waals surface area contributed by atoms with Crippen LogP contribution in [0.15, 0.2) is 48.5 Å². The van der Waals surface area contributed by atoms with Crippen molar-refractivity contribution in [2.24, 2.45) is 0 Å². The van der Waals surface area contributed by atoms with E-state index >= 15 is 0 Å². The van der Waals surface area contributed by atoms with Crippen molar-refractivity contribution in [3.05, 3.63) is 69.0 Å². The lowest BCUT2D eigenvalue weighted by molar-refractivity contribution is -0.114. The fraction of sp³-hybridized carbons (Fsp3) is 0.100. The van der Waals surface area contributed by atoms with E-state index in [1.807, 2.05) is 31.2 Å². The maximum atomic E-state index is 12.6. The Morgan fingerprint density at radius 1 is 0.926 bits per heavy atom. The molecule has 2 N–H and O–H groups in total. The Morgan fingerprint density at radius 3 is 2.30 bits per heavy atom. The average Bonchev–Trinajstić information content (AvgIpc) is 3.07. The molecule has 2 amide bonds. The number of aryl methyl sites for hydroxylation is 1. The van der Waals surface area contributed by atoms with Crippen molar-refractivity contribution in [1.82, 2.24) is 0 Å². The van der Waals surface area contributed by atoms with Gasteiger partial charge in [0.15, 0.2) is 0 Å². The molecule has 0 radical (unpaired) electrons. The number of anilines is 2. The van der Waals surface area contributed by atoms with Crippen molar-refractivity contribution in [2.45, 2.75) is 13.8 Å². The van der Waals surface area contributed by atoms with Gasteiger partial charge in [0, 0.05) is 33.2 Å². The highest BCUT2D eigenvalue weighted by Gasteiger charge is 2.13. The molecule has 3 aromatic rings. The molecule has 0 atom stereocenters. The number of amides is 2. The van der Waals surface area contributed by atoms with Crippen molar-refractivity contribution in [3.63, 3.8) is 0 Å². The summed E-state index contributed by atoms with van der Waals surface area (Å²) >= 11 is 13.5. The van der Waals surface area contributed by atoms with Crippen LogP contribution in [0.5, 0.6) is 0 Å². The minimum atomic E-state index is -0.220. The smallest absolute Gasteiger partial charge is 0.265 e. The summed E-state index contributed by atoms with van der Waals surface area (Å²) in [6.07, 6.45) is 0. The first kappa shape index (κ1) is 19.4. The van der Waals surface area contributed by atoms with Gasteiger partial charge < -0.3 is 10.6 Å². The molecule has 3 rings (SSSR count). The standard InChI is InChI=1S/C20H16Cl2N2O2S/c1-11-3-4-16(23-12(2)25)10-17(11)24-20(26)19-6-5-18(27-19)13-7-14(21)9-15(22)8-13/h3-10H,1-2H3,(H,23,25)(H,24,26). The first-order chi connectivity index (χ1) is 12.8. The van der Waals surface area contributed by atoms with Gasteiger partial charge in [-0.1, -0.05) is 29.3 Å². The molecule has 0 aliphatic heterocycles. The fourth-order valence-corrected chi connectivity index (χ4v) is 3.95. The zero-order valence-corrected chi connectivity index (χ0v) is 16.9. The van der Waals surface area contributed by atoms with E-state index < -0.39 is 0 Å². The molecule has 0 aliphatic rings. The Kier molecular flexibility index (Phi) is 5.85. The summed E-state index contributed by atoms with van der Waals surface area (Å²) in [5, 5.41) is 6.69. The first-order valence-corrected chi connectivity index (χ1v) is 9.65. The Morgan fingerprint density at radius 2 is 1.63 bits per heavy atom. The summed E-state index contributed by atoms with van der Waals surface area (Å²) in [4.78, 5) is 25.3. The summed E-state index contributed by atoms with van der Waals surface area (Å²) in [6.45, 7) is 3.33. The second-order valence-electron chi connectivity index (χ2n) is 5.99. The van der Waals surface area contributed by atoms with E-state index in [1.165, 1.54) is 18.3 Å². The lowest BCUT2D eigenvalue weighted by Gasteiger charge is -2.10. The predicted molar refractivity (Wildman–Crippen MR) is 113 cm³/mol. The Labute approximate surface area is 171 Å². The highest BCUT2D eigenvalue weighted by Crippen LogP contribution is 2.33. The molecule has 0 spiro atoms. The van der Waals surface area contributed by atoms with Crippen LogP contribution >= 0.6 is 34.5 Å². The van der Waals surface area contributed by atoms with Gasteiger partial charge in [-0.25, -0.2) is 0 Å². The quantitative estimate of drug-likeness (QED) is 0.526. The normalized spacial score (nSPS) is 10.5. The Bertz CT molecular complexity index is 1010. The van der Waals surface area contributed by atoms with Crippen LogP contribution in [0, 0.1) is 6.92 Å². The van der Waals surface area contributed by atoms with Crippen molar-refractivity contribution in [1.29, 1.82) is 0 Å². The second kappa shape index (κ2) is 8.13. The third-order valence-corrected chi connectivity index (χ3v) is 5.35. The second-order valence-corrected chi connectivity index (χ2v) is 7.94. The largest absolute Gasteiger partial charge is 0.326 e. The number of benzene rings is 2. The Hall–Kier alpha value is -2.34. The van der Waals surface area contributed by atoms with Gasteiger partial charge in [-0.2, -0.15) is 0 Å². The molecule has 138 valence electrons. The molecule has 1 heterocycles. The van der Waals surface area contributed by atoms with Crippen LogP contribution in [0.1, 0.15) is 22.2 Å². The molecule has 1 aromatic heterocycles. The number of halogens is 2. The van der Waals surface area contributed by atoms with Crippen molar-refractivity contribution < 1.29 is 9.59 Å². The zero-order valence-electron chi connectivity index (χ0n) is 14.6. The van der Waals surface area contributed by atoms with Crippen molar-refractivity contribution in [3.8, 4) is 10.4 Å². The van der Waals surface area contributed by atoms with E-state index in [0.29, 0.717) is 26.3 Å². The number of nitrogens with one attached hydrogen (secondary N) is 2. The maximum absolute atomic E-state index is 12.6. The van der Waals surface area contributed by atoms with E-state index in [4.69, 9.17) is 23.2 Å². The summed E-state index contributed by atoms with van der Waals surface area (Å²) in [6, 6.07) is 14.3. The summed E-state index contributed by atoms with van der Waals surface area (Å²) < 4.78 is 0. The van der Waals surface area contributed by atoms with Crippen molar-refractivity contribution in [2.75, 3.05) is 10.6 Å².